The molecule has 3 rings (SSSR count). The van der Waals surface area contributed by atoms with E-state index in [0.717, 1.165) is 57.7 Å². The van der Waals surface area contributed by atoms with Crippen molar-refractivity contribution in [2.24, 2.45) is 0 Å². The van der Waals surface area contributed by atoms with Gasteiger partial charge in [-0.2, -0.15) is 0 Å². The Morgan fingerprint density at radius 2 is 1.77 bits per heavy atom. The van der Waals surface area contributed by atoms with Gasteiger partial charge >= 0.3 is 0 Å². The lowest BCUT2D eigenvalue weighted by molar-refractivity contribution is -0.129. The van der Waals surface area contributed by atoms with Gasteiger partial charge in [-0.1, -0.05) is 0 Å². The predicted octanol–water partition coefficient (Wildman–Crippen LogP) is 1.03. The molecule has 1 aromatic heterocycles. The standard InChI is InChI=1S/C16H22N4O2/c21-14(19-8-1-2-9-19)12-18-16(22)13-6-5-7-17-15(13)20-10-3-4-11-20/h5-7H,1-4,8-12H2,(H,18,22). The summed E-state index contributed by atoms with van der Waals surface area (Å²) in [7, 11) is 0. The van der Waals surface area contributed by atoms with Crippen molar-refractivity contribution in [3.05, 3.63) is 23.9 Å². The van der Waals surface area contributed by atoms with Crippen LogP contribution in [0.5, 0.6) is 0 Å². The maximum atomic E-state index is 12.4. The fraction of sp³-hybridized carbons (Fsp3) is 0.562. The van der Waals surface area contributed by atoms with Gasteiger partial charge in [-0.25, -0.2) is 4.98 Å². The Morgan fingerprint density at radius 3 is 2.50 bits per heavy atom. The summed E-state index contributed by atoms with van der Waals surface area (Å²) in [6.45, 7) is 3.54. The Balaban J connectivity index is 1.63. The third-order valence-corrected chi connectivity index (χ3v) is 4.30. The molecule has 2 aliphatic heterocycles. The highest BCUT2D eigenvalue weighted by molar-refractivity contribution is 6.00. The van der Waals surface area contributed by atoms with Crippen LogP contribution in [-0.2, 0) is 4.79 Å². The van der Waals surface area contributed by atoms with Gasteiger partial charge in [0.05, 0.1) is 12.1 Å². The lowest BCUT2D eigenvalue weighted by Crippen LogP contribution is -2.39. The van der Waals surface area contributed by atoms with E-state index in [1.807, 2.05) is 4.90 Å². The van der Waals surface area contributed by atoms with Gasteiger partial charge in [0.1, 0.15) is 5.82 Å². The molecule has 0 unspecified atom stereocenters. The van der Waals surface area contributed by atoms with Crippen LogP contribution in [0.15, 0.2) is 18.3 Å². The van der Waals surface area contributed by atoms with Gasteiger partial charge in [-0.05, 0) is 37.8 Å². The molecule has 0 spiro atoms. The van der Waals surface area contributed by atoms with Crippen molar-refractivity contribution in [2.75, 3.05) is 37.6 Å². The maximum absolute atomic E-state index is 12.4. The number of likely N-dealkylation sites (tertiary alicyclic amines) is 1. The summed E-state index contributed by atoms with van der Waals surface area (Å²) in [6.07, 6.45) is 6.08. The third-order valence-electron chi connectivity index (χ3n) is 4.30. The van der Waals surface area contributed by atoms with Crippen LogP contribution in [0.4, 0.5) is 5.82 Å². The van der Waals surface area contributed by atoms with Crippen molar-refractivity contribution in [1.29, 1.82) is 0 Å². The van der Waals surface area contributed by atoms with Gasteiger partial charge in [0.2, 0.25) is 5.91 Å². The number of rotatable bonds is 4. The number of carbonyl (C=O) groups excluding carboxylic acids is 2. The number of nitrogens with one attached hydrogen (secondary N) is 1. The monoisotopic (exact) mass is 302 g/mol. The van der Waals surface area contributed by atoms with Crippen LogP contribution in [-0.4, -0.2) is 54.4 Å². The maximum Gasteiger partial charge on any atom is 0.255 e. The number of pyridine rings is 1. The van der Waals surface area contributed by atoms with E-state index in [0.29, 0.717) is 5.56 Å². The molecule has 0 bridgehead atoms. The minimum atomic E-state index is -0.220. The summed E-state index contributed by atoms with van der Waals surface area (Å²) in [4.78, 5) is 32.7. The molecule has 1 N–H and O–H groups in total. The number of aromatic nitrogens is 1. The molecule has 22 heavy (non-hydrogen) atoms. The zero-order chi connectivity index (χ0) is 15.4. The highest BCUT2D eigenvalue weighted by Gasteiger charge is 2.22. The third kappa shape index (κ3) is 3.21. The highest BCUT2D eigenvalue weighted by atomic mass is 16.2. The minimum Gasteiger partial charge on any atom is -0.356 e. The first-order chi connectivity index (χ1) is 10.8. The molecule has 0 atom stereocenters. The van der Waals surface area contributed by atoms with Crippen LogP contribution in [0.1, 0.15) is 36.0 Å². The Labute approximate surface area is 130 Å². The molecule has 6 nitrogen and oxygen atoms in total. The van der Waals surface area contributed by atoms with Gasteiger partial charge < -0.3 is 15.1 Å². The second-order valence-electron chi connectivity index (χ2n) is 5.84. The first kappa shape index (κ1) is 14.8. The minimum absolute atomic E-state index is 0.00235. The van der Waals surface area contributed by atoms with Crippen molar-refractivity contribution >= 4 is 17.6 Å². The lowest BCUT2D eigenvalue weighted by Gasteiger charge is -2.20. The molecular formula is C16H22N4O2. The van der Waals surface area contributed by atoms with E-state index >= 15 is 0 Å². The van der Waals surface area contributed by atoms with Crippen LogP contribution >= 0.6 is 0 Å². The Morgan fingerprint density at radius 1 is 1.09 bits per heavy atom. The number of anilines is 1. The smallest absolute Gasteiger partial charge is 0.255 e. The fourth-order valence-electron chi connectivity index (χ4n) is 3.08. The summed E-state index contributed by atoms with van der Waals surface area (Å²) in [5.74, 6) is 0.506. The Bertz CT molecular complexity index is 549. The second-order valence-corrected chi connectivity index (χ2v) is 5.84. The van der Waals surface area contributed by atoms with E-state index in [1.165, 1.54) is 0 Å². The highest BCUT2D eigenvalue weighted by Crippen LogP contribution is 2.21. The predicted molar refractivity (Wildman–Crippen MR) is 83.8 cm³/mol. The number of hydrogen-bond acceptors (Lipinski definition) is 4. The molecular weight excluding hydrogens is 280 g/mol. The van der Waals surface area contributed by atoms with E-state index < -0.39 is 0 Å². The second kappa shape index (κ2) is 6.77. The summed E-state index contributed by atoms with van der Waals surface area (Å²) in [5, 5.41) is 2.74. The molecule has 2 amide bonds. The van der Waals surface area contributed by atoms with Gasteiger partial charge in [0.15, 0.2) is 0 Å². The molecule has 0 aromatic carbocycles. The van der Waals surface area contributed by atoms with Crippen molar-refractivity contribution in [1.82, 2.24) is 15.2 Å². The van der Waals surface area contributed by atoms with Crippen molar-refractivity contribution < 1.29 is 9.59 Å². The van der Waals surface area contributed by atoms with Crippen LogP contribution in [0.3, 0.4) is 0 Å². The summed E-state index contributed by atoms with van der Waals surface area (Å²) < 4.78 is 0. The first-order valence-electron chi connectivity index (χ1n) is 8.01. The number of amides is 2. The SMILES string of the molecule is O=C(NCC(=O)N1CCCC1)c1cccnc1N1CCCC1. The first-order valence-corrected chi connectivity index (χ1v) is 8.01. The molecule has 118 valence electrons. The van der Waals surface area contributed by atoms with E-state index in [4.69, 9.17) is 0 Å². The largest absolute Gasteiger partial charge is 0.356 e. The van der Waals surface area contributed by atoms with Crippen LogP contribution in [0.2, 0.25) is 0 Å². The molecule has 2 aliphatic rings. The van der Waals surface area contributed by atoms with Crippen molar-refractivity contribution in [3.63, 3.8) is 0 Å². The van der Waals surface area contributed by atoms with Crippen LogP contribution in [0.25, 0.3) is 0 Å². The molecule has 3 heterocycles. The number of carbonyl (C=O) groups is 2. The average Bonchev–Trinajstić information content (AvgIpc) is 3.24. The molecule has 1 aromatic rings. The van der Waals surface area contributed by atoms with Gasteiger partial charge in [-0.15, -0.1) is 0 Å². The fourth-order valence-corrected chi connectivity index (χ4v) is 3.08. The summed E-state index contributed by atoms with van der Waals surface area (Å²) >= 11 is 0. The Hall–Kier alpha value is -2.11. The topological polar surface area (TPSA) is 65.5 Å². The van der Waals surface area contributed by atoms with E-state index in [9.17, 15) is 9.59 Å². The van der Waals surface area contributed by atoms with Gasteiger partial charge in [0.25, 0.3) is 5.91 Å². The molecule has 2 fully saturated rings. The van der Waals surface area contributed by atoms with Gasteiger partial charge in [-0.3, -0.25) is 9.59 Å². The molecule has 0 aliphatic carbocycles. The normalized spacial score (nSPS) is 17.8. The van der Waals surface area contributed by atoms with E-state index in [2.05, 4.69) is 15.2 Å². The average molecular weight is 302 g/mol. The van der Waals surface area contributed by atoms with E-state index in [1.54, 1.807) is 18.3 Å². The molecule has 6 heteroatoms. The zero-order valence-corrected chi connectivity index (χ0v) is 12.8. The van der Waals surface area contributed by atoms with Crippen LogP contribution in [0, 0.1) is 0 Å². The molecule has 2 saturated heterocycles. The van der Waals surface area contributed by atoms with Crippen LogP contribution < -0.4 is 10.2 Å². The summed E-state index contributed by atoms with van der Waals surface area (Å²) in [6, 6.07) is 3.53. The number of nitrogens with zero attached hydrogens (tertiary/aromatic N) is 3. The summed E-state index contributed by atoms with van der Waals surface area (Å²) in [5.41, 5.74) is 0.554. The zero-order valence-electron chi connectivity index (χ0n) is 12.8. The van der Waals surface area contributed by atoms with Crippen molar-refractivity contribution in [3.8, 4) is 0 Å². The number of hydrogen-bond donors (Lipinski definition) is 1. The molecule has 0 saturated carbocycles. The van der Waals surface area contributed by atoms with Crippen molar-refractivity contribution in [2.45, 2.75) is 25.7 Å². The molecule has 0 radical (unpaired) electrons. The van der Waals surface area contributed by atoms with E-state index in [-0.39, 0.29) is 18.4 Å². The van der Waals surface area contributed by atoms with Gasteiger partial charge in [0, 0.05) is 32.4 Å². The quantitative estimate of drug-likeness (QED) is 0.902. The Kier molecular flexibility index (Phi) is 4.56. The lowest BCUT2D eigenvalue weighted by atomic mass is 10.2.